The summed E-state index contributed by atoms with van der Waals surface area (Å²) in [5, 5.41) is 16.0. The van der Waals surface area contributed by atoms with Crippen molar-refractivity contribution in [1.82, 2.24) is 14.7 Å². The maximum absolute atomic E-state index is 14.1. The average Bonchev–Trinajstić information content (AvgIpc) is 3.62. The van der Waals surface area contributed by atoms with Crippen molar-refractivity contribution in [2.24, 2.45) is 0 Å². The molecular formula is C29H24N4O4. The summed E-state index contributed by atoms with van der Waals surface area (Å²) < 4.78 is 6.97. The van der Waals surface area contributed by atoms with Gasteiger partial charge in [0, 0.05) is 31.3 Å². The zero-order valence-corrected chi connectivity index (χ0v) is 19.9. The molecule has 0 N–H and O–H groups in total. The van der Waals surface area contributed by atoms with E-state index < -0.39 is 4.92 Å². The van der Waals surface area contributed by atoms with Crippen molar-refractivity contribution >= 4 is 11.6 Å². The van der Waals surface area contributed by atoms with E-state index in [0.29, 0.717) is 36.7 Å². The van der Waals surface area contributed by atoms with Crippen molar-refractivity contribution < 1.29 is 14.1 Å². The molecule has 0 bridgehead atoms. The molecule has 0 atom stereocenters. The smallest absolute Gasteiger partial charge is 0.272 e. The Hall–Kier alpha value is -4.98. The highest BCUT2D eigenvalue weighted by Gasteiger charge is 2.24. The van der Waals surface area contributed by atoms with Gasteiger partial charge in [-0.25, -0.2) is 4.68 Å². The van der Waals surface area contributed by atoms with Gasteiger partial charge in [0.25, 0.3) is 11.6 Å². The second-order valence-electron chi connectivity index (χ2n) is 8.53. The Bertz CT molecular complexity index is 1500. The number of furan rings is 1. The fourth-order valence-electron chi connectivity index (χ4n) is 4.14. The molecular weight excluding hydrogens is 468 g/mol. The molecule has 1 amide bonds. The molecule has 0 unspecified atom stereocenters. The Morgan fingerprint density at radius 3 is 2.30 bits per heavy atom. The Morgan fingerprint density at radius 2 is 1.62 bits per heavy atom. The van der Waals surface area contributed by atoms with E-state index in [1.165, 1.54) is 23.1 Å². The van der Waals surface area contributed by atoms with Gasteiger partial charge in [-0.3, -0.25) is 14.9 Å². The zero-order valence-electron chi connectivity index (χ0n) is 19.9. The Balaban J connectivity index is 1.55. The molecule has 5 rings (SSSR count). The first-order valence-electron chi connectivity index (χ1n) is 11.8. The van der Waals surface area contributed by atoms with E-state index >= 15 is 0 Å². The molecule has 5 aromatic rings. The van der Waals surface area contributed by atoms with Crippen molar-refractivity contribution in [3.63, 3.8) is 0 Å². The van der Waals surface area contributed by atoms with E-state index in [-0.39, 0.29) is 17.3 Å². The molecule has 37 heavy (non-hydrogen) atoms. The predicted octanol–water partition coefficient (Wildman–Crippen LogP) is 5.93. The molecule has 0 radical (unpaired) electrons. The average molecular weight is 493 g/mol. The number of carbonyl (C=O) groups is 1. The van der Waals surface area contributed by atoms with Gasteiger partial charge in [-0.2, -0.15) is 5.10 Å². The van der Waals surface area contributed by atoms with Crippen LogP contribution < -0.4 is 0 Å². The van der Waals surface area contributed by atoms with Crippen molar-refractivity contribution in [3.8, 4) is 17.1 Å². The van der Waals surface area contributed by atoms with Crippen LogP contribution in [0.1, 0.15) is 21.6 Å². The maximum atomic E-state index is 14.1. The summed E-state index contributed by atoms with van der Waals surface area (Å²) in [5.74, 6) is 0.258. The molecule has 0 spiro atoms. The first-order chi connectivity index (χ1) is 18.1. The van der Waals surface area contributed by atoms with E-state index in [2.05, 4.69) is 5.10 Å². The van der Waals surface area contributed by atoms with Crippen molar-refractivity contribution in [3.05, 3.63) is 136 Å². The number of nitrogens with zero attached hydrogens (tertiary/aromatic N) is 4. The van der Waals surface area contributed by atoms with Crippen molar-refractivity contribution in [2.45, 2.75) is 13.0 Å². The fraction of sp³-hybridized carbons (Fsp3) is 0.103. The van der Waals surface area contributed by atoms with Crippen LogP contribution in [0.2, 0.25) is 0 Å². The summed E-state index contributed by atoms with van der Waals surface area (Å²) in [6.07, 6.45) is 2.21. The second-order valence-corrected chi connectivity index (χ2v) is 8.53. The lowest BCUT2D eigenvalue weighted by Gasteiger charge is -2.23. The molecule has 2 heterocycles. The van der Waals surface area contributed by atoms with Crippen LogP contribution >= 0.6 is 0 Å². The second kappa shape index (κ2) is 10.7. The van der Waals surface area contributed by atoms with Gasteiger partial charge in [-0.05, 0) is 35.7 Å². The third kappa shape index (κ3) is 5.48. The number of nitro benzene ring substituents is 1. The minimum Gasteiger partial charge on any atom is -0.463 e. The van der Waals surface area contributed by atoms with Crippen molar-refractivity contribution in [2.75, 3.05) is 6.54 Å². The molecule has 8 heteroatoms. The number of non-ortho nitro benzene ring substituents is 1. The maximum Gasteiger partial charge on any atom is 0.272 e. The molecule has 0 saturated heterocycles. The van der Waals surface area contributed by atoms with E-state index in [4.69, 9.17) is 4.42 Å². The van der Waals surface area contributed by atoms with Gasteiger partial charge >= 0.3 is 0 Å². The highest BCUT2D eigenvalue weighted by Crippen LogP contribution is 2.25. The third-order valence-electron chi connectivity index (χ3n) is 6.00. The van der Waals surface area contributed by atoms with Crippen LogP contribution in [-0.4, -0.2) is 32.1 Å². The molecule has 2 aromatic heterocycles. The number of rotatable bonds is 9. The Morgan fingerprint density at radius 1 is 0.892 bits per heavy atom. The van der Waals surface area contributed by atoms with E-state index in [0.717, 1.165) is 11.1 Å². The molecule has 0 fully saturated rings. The van der Waals surface area contributed by atoms with E-state index in [1.807, 2.05) is 60.7 Å². The highest BCUT2D eigenvalue weighted by molar-refractivity contribution is 5.94. The first kappa shape index (κ1) is 23.7. The van der Waals surface area contributed by atoms with E-state index in [1.54, 1.807) is 35.2 Å². The Labute approximate surface area is 213 Å². The SMILES string of the molecule is O=C(c1cc(-c2ccco2)nn1-c1cccc([N+](=O)[O-])c1)N(CCc1ccccc1)Cc1ccccc1. The van der Waals surface area contributed by atoms with Gasteiger partial charge in [0.15, 0.2) is 5.76 Å². The lowest BCUT2D eigenvalue weighted by Crippen LogP contribution is -2.34. The minimum atomic E-state index is -0.469. The Kier molecular flexibility index (Phi) is 6.89. The molecule has 8 nitrogen and oxygen atoms in total. The molecule has 0 saturated carbocycles. The lowest BCUT2D eigenvalue weighted by atomic mass is 10.1. The molecule has 3 aromatic carbocycles. The van der Waals surface area contributed by atoms with Gasteiger partial charge in [0.2, 0.25) is 0 Å². The van der Waals surface area contributed by atoms with Crippen LogP contribution in [0, 0.1) is 10.1 Å². The molecule has 0 aliphatic heterocycles. The number of nitro groups is 1. The van der Waals surface area contributed by atoms with Crippen LogP contribution in [0.15, 0.2) is 114 Å². The summed E-state index contributed by atoms with van der Waals surface area (Å²) >= 11 is 0. The fourth-order valence-corrected chi connectivity index (χ4v) is 4.14. The number of hydrogen-bond donors (Lipinski definition) is 0. The monoisotopic (exact) mass is 492 g/mol. The van der Waals surface area contributed by atoms with Crippen LogP contribution in [0.3, 0.4) is 0 Å². The van der Waals surface area contributed by atoms with Gasteiger partial charge in [-0.1, -0.05) is 66.7 Å². The first-order valence-corrected chi connectivity index (χ1v) is 11.8. The quantitative estimate of drug-likeness (QED) is 0.188. The van der Waals surface area contributed by atoms with E-state index in [9.17, 15) is 14.9 Å². The largest absolute Gasteiger partial charge is 0.463 e. The number of carbonyl (C=O) groups excluding carboxylic acids is 1. The number of amides is 1. The summed E-state index contributed by atoms with van der Waals surface area (Å²) in [5.41, 5.74) is 3.20. The standard InChI is InChI=1S/C29H24N4O4/c34-29(31(21-23-11-5-2-6-12-23)17-16-22-9-3-1-4-10-22)27-20-26(28-15-8-18-37-28)30-32(27)24-13-7-14-25(19-24)33(35)36/h1-15,18-20H,16-17,21H2. The summed E-state index contributed by atoms with van der Waals surface area (Å²) in [6, 6.07) is 31.0. The summed E-state index contributed by atoms with van der Waals surface area (Å²) in [6.45, 7) is 0.886. The number of benzene rings is 3. The normalized spacial score (nSPS) is 10.8. The molecule has 184 valence electrons. The number of hydrogen-bond acceptors (Lipinski definition) is 5. The van der Waals surface area contributed by atoms with Crippen LogP contribution in [-0.2, 0) is 13.0 Å². The summed E-state index contributed by atoms with van der Waals surface area (Å²) in [7, 11) is 0. The van der Waals surface area contributed by atoms with Crippen molar-refractivity contribution in [1.29, 1.82) is 0 Å². The minimum absolute atomic E-state index is 0.0869. The topological polar surface area (TPSA) is 94.4 Å². The van der Waals surface area contributed by atoms with Gasteiger partial charge < -0.3 is 9.32 Å². The van der Waals surface area contributed by atoms with Crippen LogP contribution in [0.5, 0.6) is 0 Å². The predicted molar refractivity (Wildman–Crippen MR) is 139 cm³/mol. The zero-order chi connectivity index (χ0) is 25.6. The number of aromatic nitrogens is 2. The van der Waals surface area contributed by atoms with Crippen LogP contribution in [0.25, 0.3) is 17.1 Å². The van der Waals surface area contributed by atoms with Crippen LogP contribution in [0.4, 0.5) is 5.69 Å². The van der Waals surface area contributed by atoms with Gasteiger partial charge in [-0.15, -0.1) is 0 Å². The van der Waals surface area contributed by atoms with Gasteiger partial charge in [0.1, 0.15) is 11.4 Å². The molecule has 0 aliphatic carbocycles. The van der Waals surface area contributed by atoms with Gasteiger partial charge in [0.05, 0.1) is 16.9 Å². The lowest BCUT2D eigenvalue weighted by molar-refractivity contribution is -0.384. The highest BCUT2D eigenvalue weighted by atomic mass is 16.6. The summed E-state index contributed by atoms with van der Waals surface area (Å²) in [4.78, 5) is 26.8. The molecule has 0 aliphatic rings. The third-order valence-corrected chi connectivity index (χ3v) is 6.00.